The van der Waals surface area contributed by atoms with E-state index in [1.165, 1.54) is 12.3 Å². The highest BCUT2D eigenvalue weighted by Gasteiger charge is 2.55. The summed E-state index contributed by atoms with van der Waals surface area (Å²) in [4.78, 5) is 15.1. The number of nitrogens with two attached hydrogens (primary N) is 1. The van der Waals surface area contributed by atoms with Gasteiger partial charge in [0.25, 0.3) is 0 Å². The van der Waals surface area contributed by atoms with Gasteiger partial charge in [-0.25, -0.2) is 9.18 Å². The minimum absolute atomic E-state index is 0.0184. The Kier molecular flexibility index (Phi) is 3.77. The van der Waals surface area contributed by atoms with Crippen LogP contribution >= 0.6 is 11.6 Å². The van der Waals surface area contributed by atoms with Crippen LogP contribution in [0.15, 0.2) is 17.1 Å². The predicted molar refractivity (Wildman–Crippen MR) is 64.5 cm³/mol. The molecule has 1 unspecified atom stereocenters. The van der Waals surface area contributed by atoms with Gasteiger partial charge < -0.3 is 20.7 Å². The molecule has 106 valence electrons. The van der Waals surface area contributed by atoms with Gasteiger partial charge in [0.1, 0.15) is 29.6 Å². The normalized spacial score (nSPS) is 34.6. The molecule has 2 heterocycles. The van der Waals surface area contributed by atoms with Crippen LogP contribution in [-0.2, 0) is 4.74 Å². The number of aliphatic hydroxyl groups excluding tert-OH is 2. The lowest BCUT2D eigenvalue weighted by Gasteiger charge is -2.26. The minimum Gasteiger partial charge on any atom is -0.393 e. The van der Waals surface area contributed by atoms with Gasteiger partial charge in [-0.15, -0.1) is 11.6 Å². The van der Waals surface area contributed by atoms with E-state index in [9.17, 15) is 19.4 Å². The first-order valence-electron chi connectivity index (χ1n) is 5.46. The average Bonchev–Trinajstić information content (AvgIpc) is 2.64. The van der Waals surface area contributed by atoms with Crippen molar-refractivity contribution in [2.24, 2.45) is 0 Å². The monoisotopic (exact) mass is 293 g/mol. The zero-order valence-corrected chi connectivity index (χ0v) is 10.5. The Morgan fingerprint density at radius 3 is 2.84 bits per heavy atom. The second-order valence-corrected chi connectivity index (χ2v) is 4.80. The molecule has 0 saturated carbocycles. The zero-order valence-electron chi connectivity index (χ0n) is 9.74. The van der Waals surface area contributed by atoms with Crippen LogP contribution in [0.25, 0.3) is 0 Å². The number of anilines is 1. The number of nitrogen functional groups attached to an aromatic ring is 1. The number of hydrogen-bond acceptors (Lipinski definition) is 6. The Hall–Kier alpha value is -1.22. The molecule has 9 heteroatoms. The van der Waals surface area contributed by atoms with E-state index < -0.39 is 42.3 Å². The third kappa shape index (κ3) is 2.20. The molecule has 1 aliphatic rings. The average molecular weight is 294 g/mol. The molecular formula is C10H13ClFN3O4. The highest BCUT2D eigenvalue weighted by atomic mass is 35.5. The number of aromatic nitrogens is 2. The van der Waals surface area contributed by atoms with Crippen molar-refractivity contribution in [1.29, 1.82) is 0 Å². The molecule has 0 spiro atoms. The Labute approximate surface area is 112 Å². The topological polar surface area (TPSA) is 111 Å². The van der Waals surface area contributed by atoms with Crippen LogP contribution in [0.5, 0.6) is 0 Å². The molecule has 7 nitrogen and oxygen atoms in total. The highest BCUT2D eigenvalue weighted by Crippen LogP contribution is 2.39. The van der Waals surface area contributed by atoms with Gasteiger partial charge in [-0.2, -0.15) is 4.98 Å². The molecule has 2 rings (SSSR count). The fraction of sp³-hybridized carbons (Fsp3) is 0.600. The van der Waals surface area contributed by atoms with Crippen molar-refractivity contribution >= 4 is 17.4 Å². The van der Waals surface area contributed by atoms with Crippen LogP contribution < -0.4 is 11.4 Å². The van der Waals surface area contributed by atoms with E-state index in [1.54, 1.807) is 0 Å². The van der Waals surface area contributed by atoms with Crippen LogP contribution in [0.4, 0.5) is 10.2 Å². The van der Waals surface area contributed by atoms with E-state index in [4.69, 9.17) is 22.1 Å². The Morgan fingerprint density at radius 1 is 1.68 bits per heavy atom. The molecular weight excluding hydrogens is 281 g/mol. The fourth-order valence-electron chi connectivity index (χ4n) is 1.93. The maximum Gasteiger partial charge on any atom is 0.351 e. The quantitative estimate of drug-likeness (QED) is 0.618. The van der Waals surface area contributed by atoms with Crippen LogP contribution in [0.3, 0.4) is 0 Å². The summed E-state index contributed by atoms with van der Waals surface area (Å²) >= 11 is 5.95. The van der Waals surface area contributed by atoms with Gasteiger partial charge in [-0.05, 0) is 6.07 Å². The van der Waals surface area contributed by atoms with Crippen LogP contribution in [0.2, 0.25) is 0 Å². The summed E-state index contributed by atoms with van der Waals surface area (Å²) in [6.07, 6.45) is -1.32. The van der Waals surface area contributed by atoms with Gasteiger partial charge in [-0.3, -0.25) is 4.57 Å². The van der Waals surface area contributed by atoms with Crippen molar-refractivity contribution in [3.05, 3.63) is 22.7 Å². The second kappa shape index (κ2) is 5.04. The lowest BCUT2D eigenvalue weighted by atomic mass is 9.99. The number of aliphatic hydroxyl groups is 2. The number of rotatable bonds is 3. The predicted octanol–water partition coefficient (Wildman–Crippen LogP) is -0.977. The molecule has 1 fully saturated rings. The number of ether oxygens (including phenoxy) is 1. The van der Waals surface area contributed by atoms with E-state index in [2.05, 4.69) is 4.98 Å². The van der Waals surface area contributed by atoms with Crippen LogP contribution in [0.1, 0.15) is 6.23 Å². The summed E-state index contributed by atoms with van der Waals surface area (Å²) in [7, 11) is 0. The summed E-state index contributed by atoms with van der Waals surface area (Å²) in [6.45, 7) is -1.90. The molecule has 1 aliphatic heterocycles. The SMILES string of the molecule is Nc1ccn(C2O[C@@](CO)(CF)[C@@H](O)[C@H]2Cl)c(=O)n1. The van der Waals surface area contributed by atoms with Gasteiger partial charge in [0.2, 0.25) is 0 Å². The Bertz CT molecular complexity index is 522. The third-order valence-corrected chi connectivity index (χ3v) is 3.54. The van der Waals surface area contributed by atoms with Gasteiger partial charge >= 0.3 is 5.69 Å². The molecule has 1 aromatic rings. The minimum atomic E-state index is -1.84. The maximum atomic E-state index is 13.0. The fourth-order valence-corrected chi connectivity index (χ4v) is 2.34. The third-order valence-electron chi connectivity index (χ3n) is 3.09. The molecule has 0 aromatic carbocycles. The number of hydrogen-bond donors (Lipinski definition) is 3. The first kappa shape index (κ1) is 14.2. The van der Waals surface area contributed by atoms with Crippen molar-refractivity contribution in [2.75, 3.05) is 19.0 Å². The maximum absolute atomic E-state index is 13.0. The zero-order chi connectivity index (χ0) is 14.2. The van der Waals surface area contributed by atoms with Gasteiger partial charge in [0.05, 0.1) is 6.61 Å². The molecule has 1 saturated heterocycles. The highest BCUT2D eigenvalue weighted by molar-refractivity contribution is 6.21. The molecule has 0 amide bonds. The van der Waals surface area contributed by atoms with Crippen molar-refractivity contribution in [2.45, 2.75) is 23.3 Å². The number of alkyl halides is 2. The molecule has 0 radical (unpaired) electrons. The summed E-state index contributed by atoms with van der Waals surface area (Å²) < 4.78 is 19.2. The molecule has 1 aromatic heterocycles. The van der Waals surface area contributed by atoms with Crippen molar-refractivity contribution in [1.82, 2.24) is 9.55 Å². The van der Waals surface area contributed by atoms with E-state index in [0.29, 0.717) is 0 Å². The molecule has 19 heavy (non-hydrogen) atoms. The molecule has 4 N–H and O–H groups in total. The van der Waals surface area contributed by atoms with Gasteiger partial charge in [0, 0.05) is 6.20 Å². The lowest BCUT2D eigenvalue weighted by molar-refractivity contribution is -0.137. The van der Waals surface area contributed by atoms with Crippen molar-refractivity contribution in [3.63, 3.8) is 0 Å². The Balaban J connectivity index is 2.39. The van der Waals surface area contributed by atoms with Gasteiger partial charge in [0.15, 0.2) is 6.23 Å². The largest absolute Gasteiger partial charge is 0.393 e. The van der Waals surface area contributed by atoms with E-state index in [0.717, 1.165) is 4.57 Å². The number of halogens is 2. The summed E-state index contributed by atoms with van der Waals surface area (Å²) in [5, 5.41) is 17.9. The molecule has 0 aliphatic carbocycles. The van der Waals surface area contributed by atoms with Crippen molar-refractivity contribution < 1.29 is 19.3 Å². The van der Waals surface area contributed by atoms with Crippen LogP contribution in [-0.4, -0.2) is 50.1 Å². The van der Waals surface area contributed by atoms with Gasteiger partial charge in [-0.1, -0.05) is 0 Å². The smallest absolute Gasteiger partial charge is 0.351 e. The van der Waals surface area contributed by atoms with Crippen molar-refractivity contribution in [3.8, 4) is 0 Å². The first-order valence-corrected chi connectivity index (χ1v) is 5.90. The molecule has 0 bridgehead atoms. The summed E-state index contributed by atoms with van der Waals surface area (Å²) in [6, 6.07) is 1.34. The van der Waals surface area contributed by atoms with E-state index >= 15 is 0 Å². The second-order valence-electron chi connectivity index (χ2n) is 4.30. The lowest BCUT2D eigenvalue weighted by Crippen LogP contribution is -2.47. The summed E-state index contributed by atoms with van der Waals surface area (Å²) in [5.41, 5.74) is 2.77. The standard InChI is InChI=1S/C10H13ClFN3O4/c11-6-7(17)10(3-12,4-16)19-8(6)15-2-1-5(13)14-9(15)18/h1-2,6-8,16-17H,3-4H2,(H2,13,14,18)/t6-,7+,8?,10-/m1/s1. The Morgan fingerprint density at radius 2 is 2.37 bits per heavy atom. The first-order chi connectivity index (χ1) is 8.95. The number of nitrogens with zero attached hydrogens (tertiary/aromatic N) is 2. The van der Waals surface area contributed by atoms with Crippen LogP contribution in [0, 0.1) is 0 Å². The molecule has 4 atom stereocenters. The van der Waals surface area contributed by atoms with E-state index in [1.807, 2.05) is 0 Å². The van der Waals surface area contributed by atoms with E-state index in [-0.39, 0.29) is 5.82 Å². The summed E-state index contributed by atoms with van der Waals surface area (Å²) in [5.74, 6) is 0.0184.